The summed E-state index contributed by atoms with van der Waals surface area (Å²) in [5.41, 5.74) is 2.22. The van der Waals surface area contributed by atoms with Crippen LogP contribution in [0.3, 0.4) is 0 Å². The predicted molar refractivity (Wildman–Crippen MR) is 74.4 cm³/mol. The monoisotopic (exact) mass is 260 g/mol. The molecule has 4 nitrogen and oxygen atoms in total. The zero-order valence-electron chi connectivity index (χ0n) is 11.6. The van der Waals surface area contributed by atoms with Crippen molar-refractivity contribution in [1.29, 1.82) is 0 Å². The van der Waals surface area contributed by atoms with Crippen molar-refractivity contribution in [3.8, 4) is 5.75 Å². The summed E-state index contributed by atoms with van der Waals surface area (Å²) in [5.74, 6) is 1.72. The largest absolute Gasteiger partial charge is 0.492 e. The van der Waals surface area contributed by atoms with Crippen LogP contribution in [0.1, 0.15) is 36.8 Å². The van der Waals surface area contributed by atoms with E-state index in [2.05, 4.69) is 17.2 Å². The molecule has 0 aliphatic heterocycles. The Hall–Kier alpha value is -1.81. The maximum absolute atomic E-state index is 5.51. The topological polar surface area (TPSA) is 47.3 Å². The molecule has 2 aromatic heterocycles. The minimum absolute atomic E-state index is 0.0802. The van der Waals surface area contributed by atoms with Gasteiger partial charge in [-0.3, -0.25) is 4.98 Å². The van der Waals surface area contributed by atoms with E-state index >= 15 is 0 Å². The van der Waals surface area contributed by atoms with E-state index in [-0.39, 0.29) is 6.04 Å². The van der Waals surface area contributed by atoms with Gasteiger partial charge in [0.25, 0.3) is 0 Å². The molecule has 0 amide bonds. The number of nitrogens with zero attached hydrogens (tertiary/aromatic N) is 1. The molecular weight excluding hydrogens is 240 g/mol. The highest BCUT2D eigenvalue weighted by Crippen LogP contribution is 2.27. The van der Waals surface area contributed by atoms with Crippen LogP contribution in [0.25, 0.3) is 0 Å². The Labute approximate surface area is 113 Å². The number of hydrogen-bond acceptors (Lipinski definition) is 4. The van der Waals surface area contributed by atoms with Gasteiger partial charge in [0.2, 0.25) is 0 Å². The first-order valence-corrected chi connectivity index (χ1v) is 6.61. The molecule has 2 rings (SSSR count). The SMILES string of the molecule is CCNC(c1cncc(OCC)c1)c1ccoc1C. The van der Waals surface area contributed by atoms with Crippen LogP contribution < -0.4 is 10.1 Å². The van der Waals surface area contributed by atoms with Crippen LogP contribution >= 0.6 is 0 Å². The van der Waals surface area contributed by atoms with Gasteiger partial charge in [-0.2, -0.15) is 0 Å². The second-order valence-electron chi connectivity index (χ2n) is 4.31. The number of ether oxygens (including phenoxy) is 1. The maximum Gasteiger partial charge on any atom is 0.137 e. The van der Waals surface area contributed by atoms with E-state index in [1.807, 2.05) is 32.2 Å². The Kier molecular flexibility index (Phi) is 4.58. The number of nitrogens with one attached hydrogen (secondary N) is 1. The highest BCUT2D eigenvalue weighted by Gasteiger charge is 2.17. The summed E-state index contributed by atoms with van der Waals surface area (Å²) in [7, 11) is 0. The highest BCUT2D eigenvalue weighted by atomic mass is 16.5. The van der Waals surface area contributed by atoms with Crippen molar-refractivity contribution in [2.45, 2.75) is 26.8 Å². The molecule has 0 saturated heterocycles. The lowest BCUT2D eigenvalue weighted by atomic mass is 10.0. The molecular formula is C15H20N2O2. The standard InChI is InChI=1S/C15H20N2O2/c1-4-17-15(14-6-7-19-11(14)3)12-8-13(18-5-2)10-16-9-12/h6-10,15,17H,4-5H2,1-3H3. The van der Waals surface area contributed by atoms with Crippen molar-refractivity contribution in [2.24, 2.45) is 0 Å². The lowest BCUT2D eigenvalue weighted by Gasteiger charge is -2.18. The van der Waals surface area contributed by atoms with Gasteiger partial charge < -0.3 is 14.5 Å². The number of aryl methyl sites for hydroxylation is 1. The molecule has 0 bridgehead atoms. The van der Waals surface area contributed by atoms with Gasteiger partial charge in [-0.05, 0) is 38.1 Å². The van der Waals surface area contributed by atoms with Crippen LogP contribution in [-0.4, -0.2) is 18.1 Å². The summed E-state index contributed by atoms with van der Waals surface area (Å²) in [4.78, 5) is 4.25. The van der Waals surface area contributed by atoms with Gasteiger partial charge in [-0.1, -0.05) is 6.92 Å². The first kappa shape index (κ1) is 13.6. The molecule has 1 atom stereocenters. The molecule has 4 heteroatoms. The lowest BCUT2D eigenvalue weighted by molar-refractivity contribution is 0.338. The molecule has 0 fully saturated rings. The van der Waals surface area contributed by atoms with Crippen LogP contribution in [-0.2, 0) is 0 Å². The Morgan fingerprint density at radius 1 is 1.37 bits per heavy atom. The van der Waals surface area contributed by atoms with Crippen LogP contribution in [0.15, 0.2) is 35.2 Å². The van der Waals surface area contributed by atoms with E-state index in [9.17, 15) is 0 Å². The molecule has 1 N–H and O–H groups in total. The minimum atomic E-state index is 0.0802. The molecule has 1 unspecified atom stereocenters. The normalized spacial score (nSPS) is 12.4. The molecule has 19 heavy (non-hydrogen) atoms. The number of hydrogen-bond donors (Lipinski definition) is 1. The Balaban J connectivity index is 2.33. The van der Waals surface area contributed by atoms with Crippen molar-refractivity contribution in [2.75, 3.05) is 13.2 Å². The molecule has 0 aliphatic rings. The number of rotatable bonds is 6. The second-order valence-corrected chi connectivity index (χ2v) is 4.31. The molecule has 2 heterocycles. The van der Waals surface area contributed by atoms with Gasteiger partial charge in [-0.15, -0.1) is 0 Å². The van der Waals surface area contributed by atoms with E-state index in [0.29, 0.717) is 6.61 Å². The first-order valence-electron chi connectivity index (χ1n) is 6.61. The quantitative estimate of drug-likeness (QED) is 0.867. The fourth-order valence-corrected chi connectivity index (χ4v) is 2.14. The van der Waals surface area contributed by atoms with Crippen molar-refractivity contribution < 1.29 is 9.15 Å². The number of furan rings is 1. The van der Waals surface area contributed by atoms with E-state index < -0.39 is 0 Å². The summed E-state index contributed by atoms with van der Waals surface area (Å²) >= 11 is 0. The average Bonchev–Trinajstić information content (AvgIpc) is 2.83. The number of pyridine rings is 1. The molecule has 0 saturated carbocycles. The average molecular weight is 260 g/mol. The Bertz CT molecular complexity index is 522. The van der Waals surface area contributed by atoms with Gasteiger partial charge >= 0.3 is 0 Å². The van der Waals surface area contributed by atoms with E-state index in [1.165, 1.54) is 0 Å². The second kappa shape index (κ2) is 6.38. The first-order chi connectivity index (χ1) is 9.26. The zero-order valence-corrected chi connectivity index (χ0v) is 11.6. The van der Waals surface area contributed by atoms with Gasteiger partial charge in [0.1, 0.15) is 11.5 Å². The highest BCUT2D eigenvalue weighted by molar-refractivity contribution is 5.35. The summed E-state index contributed by atoms with van der Waals surface area (Å²) < 4.78 is 10.9. The van der Waals surface area contributed by atoms with Crippen LogP contribution in [0, 0.1) is 6.92 Å². The molecule has 0 aromatic carbocycles. The van der Waals surface area contributed by atoms with E-state index in [1.54, 1.807) is 12.5 Å². The molecule has 2 aromatic rings. The Morgan fingerprint density at radius 3 is 2.84 bits per heavy atom. The van der Waals surface area contributed by atoms with Crippen molar-refractivity contribution in [1.82, 2.24) is 10.3 Å². The van der Waals surface area contributed by atoms with Crippen LogP contribution in [0.5, 0.6) is 5.75 Å². The van der Waals surface area contributed by atoms with Gasteiger partial charge in [-0.25, -0.2) is 0 Å². The summed E-state index contributed by atoms with van der Waals surface area (Å²) in [6, 6.07) is 4.10. The maximum atomic E-state index is 5.51. The predicted octanol–water partition coefficient (Wildman–Crippen LogP) is 3.08. The van der Waals surface area contributed by atoms with Crippen molar-refractivity contribution >= 4 is 0 Å². The van der Waals surface area contributed by atoms with Crippen molar-refractivity contribution in [3.05, 3.63) is 47.7 Å². The third-order valence-corrected chi connectivity index (χ3v) is 3.00. The fraction of sp³-hybridized carbons (Fsp3) is 0.400. The molecule has 102 valence electrons. The fourth-order valence-electron chi connectivity index (χ4n) is 2.14. The Morgan fingerprint density at radius 2 is 2.21 bits per heavy atom. The molecule has 0 spiro atoms. The van der Waals surface area contributed by atoms with Gasteiger partial charge in [0.05, 0.1) is 25.1 Å². The van der Waals surface area contributed by atoms with Gasteiger partial charge in [0, 0.05) is 11.8 Å². The third-order valence-electron chi connectivity index (χ3n) is 3.00. The molecule has 0 aliphatic carbocycles. The van der Waals surface area contributed by atoms with E-state index in [4.69, 9.17) is 9.15 Å². The summed E-state index contributed by atoms with van der Waals surface area (Å²) in [6.45, 7) is 7.53. The third kappa shape index (κ3) is 3.15. The lowest BCUT2D eigenvalue weighted by Crippen LogP contribution is -2.22. The zero-order chi connectivity index (χ0) is 13.7. The number of aromatic nitrogens is 1. The van der Waals surface area contributed by atoms with E-state index in [0.717, 1.165) is 29.2 Å². The van der Waals surface area contributed by atoms with Crippen LogP contribution in [0.4, 0.5) is 0 Å². The smallest absolute Gasteiger partial charge is 0.137 e. The summed E-state index contributed by atoms with van der Waals surface area (Å²) in [5, 5.41) is 3.46. The summed E-state index contributed by atoms with van der Waals surface area (Å²) in [6.07, 6.45) is 5.31. The van der Waals surface area contributed by atoms with Crippen molar-refractivity contribution in [3.63, 3.8) is 0 Å². The minimum Gasteiger partial charge on any atom is -0.492 e. The molecule has 0 radical (unpaired) electrons. The van der Waals surface area contributed by atoms with Crippen LogP contribution in [0.2, 0.25) is 0 Å². The van der Waals surface area contributed by atoms with Gasteiger partial charge in [0.15, 0.2) is 0 Å².